The van der Waals surface area contributed by atoms with Gasteiger partial charge in [-0.05, 0) is 56.6 Å². The molecule has 1 N–H and O–H groups in total. The monoisotopic (exact) mass is 290 g/mol. The standard InChI is InChI=1S/C17H26N2O2/c1-2-14-21-17(20)15-6-8-16(9-7-15)18-10-13-19-11-4-3-5-12-19/h6-9,18H,2-5,10-14H2,1H3. The number of ether oxygens (including phenoxy) is 1. The van der Waals surface area contributed by atoms with Gasteiger partial charge < -0.3 is 15.0 Å². The first-order valence-corrected chi connectivity index (χ1v) is 8.03. The maximum Gasteiger partial charge on any atom is 0.338 e. The van der Waals surface area contributed by atoms with E-state index in [0.29, 0.717) is 12.2 Å². The molecule has 0 saturated carbocycles. The normalized spacial score (nSPS) is 15.7. The SMILES string of the molecule is CCCOC(=O)c1ccc(NCCN2CCCCC2)cc1. The Bertz CT molecular complexity index is 425. The molecule has 4 heteroatoms. The molecule has 0 aromatic heterocycles. The maximum atomic E-state index is 11.7. The highest BCUT2D eigenvalue weighted by molar-refractivity contribution is 5.89. The first kappa shape index (κ1) is 15.8. The second-order valence-electron chi connectivity index (χ2n) is 5.54. The van der Waals surface area contributed by atoms with Crippen LogP contribution >= 0.6 is 0 Å². The van der Waals surface area contributed by atoms with E-state index in [4.69, 9.17) is 4.74 Å². The van der Waals surface area contributed by atoms with E-state index in [1.54, 1.807) is 0 Å². The molecule has 0 amide bonds. The van der Waals surface area contributed by atoms with Crippen LogP contribution in [0.5, 0.6) is 0 Å². The Morgan fingerprint density at radius 1 is 1.19 bits per heavy atom. The van der Waals surface area contributed by atoms with Gasteiger partial charge in [-0.3, -0.25) is 0 Å². The van der Waals surface area contributed by atoms with Gasteiger partial charge in [-0.15, -0.1) is 0 Å². The number of hydrogen-bond donors (Lipinski definition) is 1. The number of rotatable bonds is 7. The molecule has 1 fully saturated rings. The Hall–Kier alpha value is -1.55. The van der Waals surface area contributed by atoms with E-state index in [9.17, 15) is 4.79 Å². The third-order valence-electron chi connectivity index (χ3n) is 3.76. The first-order valence-electron chi connectivity index (χ1n) is 8.03. The summed E-state index contributed by atoms with van der Waals surface area (Å²) in [5, 5.41) is 3.41. The molecule has 1 aromatic carbocycles. The summed E-state index contributed by atoms with van der Waals surface area (Å²) in [6.45, 7) is 6.95. The number of benzene rings is 1. The van der Waals surface area contributed by atoms with Gasteiger partial charge in [0.1, 0.15) is 0 Å². The van der Waals surface area contributed by atoms with Crippen molar-refractivity contribution in [1.82, 2.24) is 4.90 Å². The van der Waals surface area contributed by atoms with Gasteiger partial charge >= 0.3 is 5.97 Å². The average Bonchev–Trinajstić information content (AvgIpc) is 2.54. The van der Waals surface area contributed by atoms with Crippen molar-refractivity contribution < 1.29 is 9.53 Å². The summed E-state index contributed by atoms with van der Waals surface area (Å²) in [5.41, 5.74) is 1.67. The van der Waals surface area contributed by atoms with E-state index in [1.807, 2.05) is 31.2 Å². The highest BCUT2D eigenvalue weighted by atomic mass is 16.5. The van der Waals surface area contributed by atoms with Gasteiger partial charge in [0, 0.05) is 18.8 Å². The molecule has 1 aromatic rings. The molecule has 4 nitrogen and oxygen atoms in total. The van der Waals surface area contributed by atoms with Crippen molar-refractivity contribution in [2.75, 3.05) is 38.1 Å². The zero-order chi connectivity index (χ0) is 14.9. The second-order valence-corrected chi connectivity index (χ2v) is 5.54. The van der Waals surface area contributed by atoms with Crippen molar-refractivity contribution in [3.8, 4) is 0 Å². The van der Waals surface area contributed by atoms with Gasteiger partial charge in [0.15, 0.2) is 0 Å². The number of esters is 1. The average molecular weight is 290 g/mol. The zero-order valence-electron chi connectivity index (χ0n) is 12.9. The molecule has 1 saturated heterocycles. The molecule has 0 spiro atoms. The Morgan fingerprint density at radius 2 is 1.90 bits per heavy atom. The smallest absolute Gasteiger partial charge is 0.338 e. The molecular weight excluding hydrogens is 264 g/mol. The zero-order valence-corrected chi connectivity index (χ0v) is 12.9. The summed E-state index contributed by atoms with van der Waals surface area (Å²) in [6, 6.07) is 7.53. The molecule has 116 valence electrons. The quantitative estimate of drug-likeness (QED) is 0.783. The van der Waals surface area contributed by atoms with Gasteiger partial charge in [0.25, 0.3) is 0 Å². The van der Waals surface area contributed by atoms with E-state index in [0.717, 1.165) is 25.2 Å². The summed E-state index contributed by atoms with van der Waals surface area (Å²) in [5.74, 6) is -0.239. The van der Waals surface area contributed by atoms with Crippen LogP contribution in [0.1, 0.15) is 43.0 Å². The topological polar surface area (TPSA) is 41.6 Å². The van der Waals surface area contributed by atoms with Gasteiger partial charge in [-0.25, -0.2) is 4.79 Å². The lowest BCUT2D eigenvalue weighted by molar-refractivity contribution is 0.0505. The molecule has 0 aliphatic carbocycles. The molecule has 1 aliphatic heterocycles. The summed E-state index contributed by atoms with van der Waals surface area (Å²) >= 11 is 0. The van der Waals surface area contributed by atoms with Crippen molar-refractivity contribution in [2.24, 2.45) is 0 Å². The summed E-state index contributed by atoms with van der Waals surface area (Å²) in [7, 11) is 0. The lowest BCUT2D eigenvalue weighted by Crippen LogP contribution is -2.33. The van der Waals surface area contributed by atoms with Gasteiger partial charge in [-0.2, -0.15) is 0 Å². The maximum absolute atomic E-state index is 11.7. The lowest BCUT2D eigenvalue weighted by atomic mass is 10.1. The van der Waals surface area contributed by atoms with Crippen LogP contribution in [0.3, 0.4) is 0 Å². The summed E-state index contributed by atoms with van der Waals surface area (Å²) in [4.78, 5) is 14.2. The Kier molecular flexibility index (Phi) is 6.54. The number of likely N-dealkylation sites (tertiary alicyclic amines) is 1. The highest BCUT2D eigenvalue weighted by Crippen LogP contribution is 2.11. The van der Waals surface area contributed by atoms with Crippen LogP contribution in [-0.4, -0.2) is 43.7 Å². The lowest BCUT2D eigenvalue weighted by Gasteiger charge is -2.26. The van der Waals surface area contributed by atoms with E-state index in [-0.39, 0.29) is 5.97 Å². The van der Waals surface area contributed by atoms with Crippen LogP contribution in [0.15, 0.2) is 24.3 Å². The molecular formula is C17H26N2O2. The molecule has 0 unspecified atom stereocenters. The highest BCUT2D eigenvalue weighted by Gasteiger charge is 2.09. The number of piperidine rings is 1. The number of nitrogens with zero attached hydrogens (tertiary/aromatic N) is 1. The molecule has 21 heavy (non-hydrogen) atoms. The predicted molar refractivity (Wildman–Crippen MR) is 85.8 cm³/mol. The minimum Gasteiger partial charge on any atom is -0.462 e. The van der Waals surface area contributed by atoms with Crippen LogP contribution in [0, 0.1) is 0 Å². The van der Waals surface area contributed by atoms with Crippen LogP contribution < -0.4 is 5.32 Å². The molecule has 2 rings (SSSR count). The predicted octanol–water partition coefficient (Wildman–Crippen LogP) is 3.15. The minimum atomic E-state index is -0.239. The van der Waals surface area contributed by atoms with Crippen LogP contribution in [0.2, 0.25) is 0 Å². The van der Waals surface area contributed by atoms with E-state index in [1.165, 1.54) is 32.4 Å². The van der Waals surface area contributed by atoms with Gasteiger partial charge in [-0.1, -0.05) is 13.3 Å². The molecule has 0 bridgehead atoms. The van der Waals surface area contributed by atoms with Crippen LogP contribution in [0.25, 0.3) is 0 Å². The molecule has 0 radical (unpaired) electrons. The fourth-order valence-electron chi connectivity index (χ4n) is 2.54. The minimum absolute atomic E-state index is 0.239. The first-order chi connectivity index (χ1) is 10.3. The van der Waals surface area contributed by atoms with Crippen molar-refractivity contribution in [1.29, 1.82) is 0 Å². The number of anilines is 1. The van der Waals surface area contributed by atoms with E-state index < -0.39 is 0 Å². The van der Waals surface area contributed by atoms with Crippen molar-refractivity contribution in [3.63, 3.8) is 0 Å². The Labute approximate surface area is 127 Å². The Morgan fingerprint density at radius 3 is 2.57 bits per heavy atom. The fourth-order valence-corrected chi connectivity index (χ4v) is 2.54. The molecule has 0 atom stereocenters. The van der Waals surface area contributed by atoms with Crippen molar-refractivity contribution in [3.05, 3.63) is 29.8 Å². The van der Waals surface area contributed by atoms with Crippen LogP contribution in [0.4, 0.5) is 5.69 Å². The summed E-state index contributed by atoms with van der Waals surface area (Å²) < 4.78 is 5.11. The molecule has 1 heterocycles. The third kappa shape index (κ3) is 5.38. The van der Waals surface area contributed by atoms with Crippen molar-refractivity contribution in [2.45, 2.75) is 32.6 Å². The number of carbonyl (C=O) groups excluding carboxylic acids is 1. The summed E-state index contributed by atoms with van der Waals surface area (Å²) in [6.07, 6.45) is 4.88. The second kappa shape index (κ2) is 8.67. The van der Waals surface area contributed by atoms with E-state index in [2.05, 4.69) is 10.2 Å². The number of carbonyl (C=O) groups is 1. The number of nitrogens with one attached hydrogen (secondary N) is 1. The number of hydrogen-bond acceptors (Lipinski definition) is 4. The fraction of sp³-hybridized carbons (Fsp3) is 0.588. The van der Waals surface area contributed by atoms with Gasteiger partial charge in [0.05, 0.1) is 12.2 Å². The Balaban J connectivity index is 1.72. The van der Waals surface area contributed by atoms with Crippen molar-refractivity contribution >= 4 is 11.7 Å². The van der Waals surface area contributed by atoms with E-state index >= 15 is 0 Å². The van der Waals surface area contributed by atoms with Crippen LogP contribution in [-0.2, 0) is 4.74 Å². The third-order valence-corrected chi connectivity index (χ3v) is 3.76. The largest absolute Gasteiger partial charge is 0.462 e. The molecule has 1 aliphatic rings. The van der Waals surface area contributed by atoms with Gasteiger partial charge in [0.2, 0.25) is 0 Å².